The van der Waals surface area contributed by atoms with Gasteiger partial charge >= 0.3 is 0 Å². The molecule has 1 fully saturated rings. The third-order valence-corrected chi connectivity index (χ3v) is 7.34. The van der Waals surface area contributed by atoms with Crippen LogP contribution in [-0.2, 0) is 10.0 Å². The number of aliphatic hydroxyl groups is 1. The number of aliphatic hydroxyl groups excluding tert-OH is 1. The third-order valence-electron chi connectivity index (χ3n) is 3.92. The topological polar surface area (TPSA) is 57.6 Å². The first-order chi connectivity index (χ1) is 8.82. The molecule has 1 saturated carbocycles. The Balaban J connectivity index is 2.15. The fourth-order valence-electron chi connectivity index (χ4n) is 2.48. The molecule has 2 unspecified atom stereocenters. The minimum absolute atomic E-state index is 0.0712. The molecule has 6 heteroatoms. The molecule has 0 spiro atoms. The van der Waals surface area contributed by atoms with E-state index >= 15 is 0 Å². The molecule has 0 bridgehead atoms. The molecular formula is C13H21NO3S2. The summed E-state index contributed by atoms with van der Waals surface area (Å²) in [6.45, 7) is 4.25. The van der Waals surface area contributed by atoms with E-state index in [-0.39, 0.29) is 12.0 Å². The van der Waals surface area contributed by atoms with Crippen molar-refractivity contribution < 1.29 is 13.5 Å². The zero-order valence-corrected chi connectivity index (χ0v) is 13.2. The standard InChI is InChI=1S/C13H21NO3S2/c1-9-7-13(18-10(9)2)19(16,17)14(3)8-11-5-4-6-12(11)15/h7,11-12,15H,4-6,8H2,1-3H3. The van der Waals surface area contributed by atoms with E-state index in [1.807, 2.05) is 13.8 Å². The van der Waals surface area contributed by atoms with E-state index < -0.39 is 10.0 Å². The molecule has 1 N–H and O–H groups in total. The van der Waals surface area contributed by atoms with E-state index in [0.29, 0.717) is 10.8 Å². The summed E-state index contributed by atoms with van der Waals surface area (Å²) in [5, 5.41) is 9.80. The highest BCUT2D eigenvalue weighted by Crippen LogP contribution is 2.30. The SMILES string of the molecule is Cc1cc(S(=O)(=O)N(C)CC2CCCC2O)sc1C. The number of thiophene rings is 1. The lowest BCUT2D eigenvalue weighted by Crippen LogP contribution is -2.34. The molecule has 0 saturated heterocycles. The molecule has 0 radical (unpaired) electrons. The van der Waals surface area contributed by atoms with Gasteiger partial charge in [-0.05, 0) is 44.2 Å². The van der Waals surface area contributed by atoms with Gasteiger partial charge < -0.3 is 5.11 Å². The fraction of sp³-hybridized carbons (Fsp3) is 0.692. The zero-order chi connectivity index (χ0) is 14.2. The van der Waals surface area contributed by atoms with Crippen LogP contribution in [0.4, 0.5) is 0 Å². The Morgan fingerprint density at radius 1 is 1.42 bits per heavy atom. The van der Waals surface area contributed by atoms with E-state index in [9.17, 15) is 13.5 Å². The molecule has 1 aromatic rings. The summed E-state index contributed by atoms with van der Waals surface area (Å²) in [5.41, 5.74) is 1.01. The molecule has 2 rings (SSSR count). The van der Waals surface area contributed by atoms with Gasteiger partial charge in [-0.1, -0.05) is 6.42 Å². The Hall–Kier alpha value is -0.430. The smallest absolute Gasteiger partial charge is 0.252 e. The molecule has 19 heavy (non-hydrogen) atoms. The minimum atomic E-state index is -3.41. The first kappa shape index (κ1) is 15.0. The highest BCUT2D eigenvalue weighted by atomic mass is 32.2. The molecular weight excluding hydrogens is 282 g/mol. The van der Waals surface area contributed by atoms with Crippen molar-refractivity contribution in [2.45, 2.75) is 43.4 Å². The summed E-state index contributed by atoms with van der Waals surface area (Å²) >= 11 is 1.32. The molecule has 1 heterocycles. The Morgan fingerprint density at radius 3 is 2.58 bits per heavy atom. The molecule has 1 aliphatic carbocycles. The van der Waals surface area contributed by atoms with E-state index in [2.05, 4.69) is 0 Å². The number of sulfonamides is 1. The Bertz CT molecular complexity index is 531. The van der Waals surface area contributed by atoms with Gasteiger partial charge in [0.05, 0.1) is 6.10 Å². The number of hydrogen-bond acceptors (Lipinski definition) is 4. The van der Waals surface area contributed by atoms with Gasteiger partial charge in [0.1, 0.15) is 4.21 Å². The van der Waals surface area contributed by atoms with Gasteiger partial charge in [0, 0.05) is 18.5 Å². The van der Waals surface area contributed by atoms with E-state index in [1.54, 1.807) is 13.1 Å². The lowest BCUT2D eigenvalue weighted by atomic mass is 10.1. The Labute approximate surface area is 119 Å². The average Bonchev–Trinajstić information content (AvgIpc) is 2.87. The molecule has 0 aliphatic heterocycles. The lowest BCUT2D eigenvalue weighted by Gasteiger charge is -2.22. The lowest BCUT2D eigenvalue weighted by molar-refractivity contribution is 0.123. The first-order valence-electron chi connectivity index (χ1n) is 6.54. The van der Waals surface area contributed by atoms with Crippen LogP contribution in [0, 0.1) is 19.8 Å². The van der Waals surface area contributed by atoms with Crippen LogP contribution in [0.3, 0.4) is 0 Å². The normalized spacial score (nSPS) is 24.3. The maximum Gasteiger partial charge on any atom is 0.252 e. The van der Waals surface area contributed by atoms with Gasteiger partial charge in [-0.25, -0.2) is 8.42 Å². The van der Waals surface area contributed by atoms with Crippen molar-refractivity contribution in [1.82, 2.24) is 4.31 Å². The van der Waals surface area contributed by atoms with Crippen molar-refractivity contribution in [2.75, 3.05) is 13.6 Å². The molecule has 108 valence electrons. The number of rotatable bonds is 4. The highest BCUT2D eigenvalue weighted by Gasteiger charge is 2.31. The summed E-state index contributed by atoms with van der Waals surface area (Å²) in [7, 11) is -1.81. The van der Waals surface area contributed by atoms with Gasteiger partial charge in [0.2, 0.25) is 0 Å². The minimum Gasteiger partial charge on any atom is -0.393 e. The monoisotopic (exact) mass is 303 g/mol. The van der Waals surface area contributed by atoms with Gasteiger partial charge in [-0.2, -0.15) is 4.31 Å². The average molecular weight is 303 g/mol. The largest absolute Gasteiger partial charge is 0.393 e. The van der Waals surface area contributed by atoms with E-state index in [1.165, 1.54) is 15.6 Å². The number of hydrogen-bond donors (Lipinski definition) is 1. The second-order valence-corrected chi connectivity index (χ2v) is 8.88. The van der Waals surface area contributed by atoms with Crippen molar-refractivity contribution in [3.05, 3.63) is 16.5 Å². The third kappa shape index (κ3) is 3.02. The maximum atomic E-state index is 12.4. The first-order valence-corrected chi connectivity index (χ1v) is 8.79. The van der Waals surface area contributed by atoms with Gasteiger partial charge in [-0.3, -0.25) is 0 Å². The maximum absolute atomic E-state index is 12.4. The van der Waals surface area contributed by atoms with Crippen molar-refractivity contribution in [3.63, 3.8) is 0 Å². The summed E-state index contributed by atoms with van der Waals surface area (Å²) in [6, 6.07) is 1.73. The quantitative estimate of drug-likeness (QED) is 0.927. The Kier molecular flexibility index (Phi) is 4.35. The van der Waals surface area contributed by atoms with Crippen LogP contribution in [-0.4, -0.2) is 37.5 Å². The van der Waals surface area contributed by atoms with Crippen LogP contribution >= 0.6 is 11.3 Å². The number of nitrogens with zero attached hydrogens (tertiary/aromatic N) is 1. The molecule has 0 amide bonds. The van der Waals surface area contributed by atoms with Crippen LogP contribution < -0.4 is 0 Å². The van der Waals surface area contributed by atoms with Crippen LogP contribution in [0.1, 0.15) is 29.7 Å². The van der Waals surface area contributed by atoms with Crippen molar-refractivity contribution >= 4 is 21.4 Å². The van der Waals surface area contributed by atoms with Gasteiger partial charge in [-0.15, -0.1) is 11.3 Å². The summed E-state index contributed by atoms with van der Waals surface area (Å²) < 4.78 is 26.7. The zero-order valence-electron chi connectivity index (χ0n) is 11.6. The summed E-state index contributed by atoms with van der Waals surface area (Å²) in [5.74, 6) is 0.0712. The predicted molar refractivity (Wildman–Crippen MR) is 77.0 cm³/mol. The van der Waals surface area contributed by atoms with Gasteiger partial charge in [0.15, 0.2) is 0 Å². The van der Waals surface area contributed by atoms with E-state index in [4.69, 9.17) is 0 Å². The fourth-order valence-corrected chi connectivity index (χ4v) is 5.43. The molecule has 4 nitrogen and oxygen atoms in total. The summed E-state index contributed by atoms with van der Waals surface area (Å²) in [4.78, 5) is 1.04. The van der Waals surface area contributed by atoms with Crippen molar-refractivity contribution in [1.29, 1.82) is 0 Å². The second-order valence-electron chi connectivity index (χ2n) is 5.35. The second kappa shape index (κ2) is 5.52. The van der Waals surface area contributed by atoms with Crippen LogP contribution in [0.15, 0.2) is 10.3 Å². The molecule has 2 atom stereocenters. The van der Waals surface area contributed by atoms with Crippen LogP contribution in [0.5, 0.6) is 0 Å². The molecule has 1 aliphatic rings. The van der Waals surface area contributed by atoms with Gasteiger partial charge in [0.25, 0.3) is 10.0 Å². The van der Waals surface area contributed by atoms with Crippen LogP contribution in [0.2, 0.25) is 0 Å². The number of aryl methyl sites for hydroxylation is 2. The molecule has 0 aromatic carbocycles. The predicted octanol–water partition coefficient (Wildman–Crippen LogP) is 2.15. The van der Waals surface area contributed by atoms with Crippen molar-refractivity contribution in [3.8, 4) is 0 Å². The van der Waals surface area contributed by atoms with Crippen molar-refractivity contribution in [2.24, 2.45) is 5.92 Å². The van der Waals surface area contributed by atoms with E-state index in [0.717, 1.165) is 29.7 Å². The highest BCUT2D eigenvalue weighted by molar-refractivity contribution is 7.91. The van der Waals surface area contributed by atoms with Crippen LogP contribution in [0.25, 0.3) is 0 Å². The Morgan fingerprint density at radius 2 is 2.11 bits per heavy atom. The summed E-state index contributed by atoms with van der Waals surface area (Å²) in [6.07, 6.45) is 2.32. The molecule has 1 aromatic heterocycles.